The van der Waals surface area contributed by atoms with E-state index < -0.39 is 0 Å². The first kappa shape index (κ1) is 17.7. The third-order valence-corrected chi connectivity index (χ3v) is 3.72. The predicted molar refractivity (Wildman–Crippen MR) is 95.7 cm³/mol. The SMILES string of the molecule is COc1ccc(C(=NOCCSC#N)c2ccc(OC)cc2)cc1. The van der Waals surface area contributed by atoms with Crippen LogP contribution in [0, 0.1) is 10.7 Å². The van der Waals surface area contributed by atoms with Gasteiger partial charge >= 0.3 is 0 Å². The highest BCUT2D eigenvalue weighted by Gasteiger charge is 2.09. The van der Waals surface area contributed by atoms with Gasteiger partial charge in [0.05, 0.1) is 14.2 Å². The molecule has 0 aliphatic carbocycles. The van der Waals surface area contributed by atoms with Crippen LogP contribution in [0.25, 0.3) is 0 Å². The van der Waals surface area contributed by atoms with Crippen molar-refractivity contribution < 1.29 is 14.3 Å². The summed E-state index contributed by atoms with van der Waals surface area (Å²) in [6, 6.07) is 15.2. The van der Waals surface area contributed by atoms with Crippen LogP contribution in [0.2, 0.25) is 0 Å². The zero-order valence-corrected chi connectivity index (χ0v) is 14.4. The lowest BCUT2D eigenvalue weighted by atomic mass is 10.0. The van der Waals surface area contributed by atoms with Crippen molar-refractivity contribution in [1.29, 1.82) is 5.26 Å². The summed E-state index contributed by atoms with van der Waals surface area (Å²) in [5.74, 6) is 2.12. The van der Waals surface area contributed by atoms with Gasteiger partial charge in [0, 0.05) is 16.9 Å². The number of benzene rings is 2. The molecule has 0 aliphatic heterocycles. The highest BCUT2D eigenvalue weighted by Crippen LogP contribution is 2.18. The van der Waals surface area contributed by atoms with Crippen molar-refractivity contribution in [3.8, 4) is 16.9 Å². The molecule has 0 saturated heterocycles. The molecule has 0 unspecified atom stereocenters. The maximum Gasteiger partial charge on any atom is 0.133 e. The van der Waals surface area contributed by atoms with Gasteiger partial charge in [0.25, 0.3) is 0 Å². The molecule has 0 saturated carbocycles. The molecule has 0 amide bonds. The highest BCUT2D eigenvalue weighted by atomic mass is 32.2. The van der Waals surface area contributed by atoms with Gasteiger partial charge in [0.15, 0.2) is 0 Å². The summed E-state index contributed by atoms with van der Waals surface area (Å²) < 4.78 is 10.4. The molecular formula is C18H18N2O3S. The molecule has 0 radical (unpaired) electrons. The summed E-state index contributed by atoms with van der Waals surface area (Å²) in [6.07, 6.45) is 0. The normalized spacial score (nSPS) is 9.71. The molecule has 0 aliphatic rings. The molecule has 2 aromatic rings. The Morgan fingerprint density at radius 2 is 1.46 bits per heavy atom. The van der Waals surface area contributed by atoms with Crippen molar-refractivity contribution in [1.82, 2.24) is 0 Å². The maximum atomic E-state index is 8.53. The van der Waals surface area contributed by atoms with Crippen LogP contribution in [0.15, 0.2) is 53.7 Å². The first-order chi connectivity index (χ1) is 11.8. The summed E-state index contributed by atoms with van der Waals surface area (Å²) in [5.41, 5.74) is 2.53. The zero-order chi connectivity index (χ0) is 17.2. The van der Waals surface area contributed by atoms with Gasteiger partial charge in [-0.15, -0.1) is 0 Å². The first-order valence-electron chi connectivity index (χ1n) is 7.28. The summed E-state index contributed by atoms with van der Waals surface area (Å²) in [5, 5.41) is 14.8. The van der Waals surface area contributed by atoms with Gasteiger partial charge in [-0.2, -0.15) is 5.26 Å². The van der Waals surface area contributed by atoms with E-state index in [-0.39, 0.29) is 0 Å². The molecule has 0 aromatic heterocycles. The average Bonchev–Trinajstić information content (AvgIpc) is 2.65. The van der Waals surface area contributed by atoms with Gasteiger partial charge in [0.1, 0.15) is 29.2 Å². The van der Waals surface area contributed by atoms with Crippen LogP contribution in [0.1, 0.15) is 11.1 Å². The molecule has 124 valence electrons. The number of nitriles is 1. The lowest BCUT2D eigenvalue weighted by Gasteiger charge is -2.09. The number of hydrogen-bond acceptors (Lipinski definition) is 6. The number of rotatable bonds is 8. The smallest absolute Gasteiger partial charge is 0.133 e. The van der Waals surface area contributed by atoms with E-state index in [0.29, 0.717) is 18.1 Å². The minimum absolute atomic E-state index is 0.369. The van der Waals surface area contributed by atoms with Gasteiger partial charge < -0.3 is 14.3 Å². The van der Waals surface area contributed by atoms with E-state index in [0.717, 1.165) is 34.4 Å². The number of ether oxygens (including phenoxy) is 2. The topological polar surface area (TPSA) is 63.8 Å². The molecular weight excluding hydrogens is 324 g/mol. The third kappa shape index (κ3) is 4.93. The predicted octanol–water partition coefficient (Wildman–Crippen LogP) is 3.69. The summed E-state index contributed by atoms with van der Waals surface area (Å²) in [4.78, 5) is 5.37. The first-order valence-corrected chi connectivity index (χ1v) is 8.26. The molecule has 0 spiro atoms. The number of methoxy groups -OCH3 is 2. The molecule has 2 aromatic carbocycles. The molecule has 2 rings (SSSR count). The number of thioether (sulfide) groups is 1. The Hall–Kier alpha value is -2.65. The Kier molecular flexibility index (Phi) is 6.99. The van der Waals surface area contributed by atoms with Crippen molar-refractivity contribution in [2.45, 2.75) is 0 Å². The van der Waals surface area contributed by atoms with Crippen molar-refractivity contribution >= 4 is 17.5 Å². The Morgan fingerprint density at radius 1 is 0.958 bits per heavy atom. The van der Waals surface area contributed by atoms with Crippen LogP contribution in [0.3, 0.4) is 0 Å². The van der Waals surface area contributed by atoms with E-state index in [1.807, 2.05) is 53.9 Å². The van der Waals surface area contributed by atoms with E-state index in [2.05, 4.69) is 5.16 Å². The second-order valence-electron chi connectivity index (χ2n) is 4.67. The van der Waals surface area contributed by atoms with Crippen LogP contribution in [-0.4, -0.2) is 32.3 Å². The molecule has 5 nitrogen and oxygen atoms in total. The van der Waals surface area contributed by atoms with Crippen LogP contribution in [-0.2, 0) is 4.84 Å². The van der Waals surface area contributed by atoms with Gasteiger partial charge in [-0.25, -0.2) is 0 Å². The Bertz CT molecular complexity index is 657. The van der Waals surface area contributed by atoms with Crippen molar-refractivity contribution in [2.24, 2.45) is 5.16 Å². The monoisotopic (exact) mass is 342 g/mol. The van der Waals surface area contributed by atoms with Gasteiger partial charge in [0.2, 0.25) is 0 Å². The molecule has 0 fully saturated rings. The molecule has 0 atom stereocenters. The maximum absolute atomic E-state index is 8.53. The summed E-state index contributed by atoms with van der Waals surface area (Å²) in [7, 11) is 3.26. The number of oxime groups is 1. The third-order valence-electron chi connectivity index (χ3n) is 3.22. The lowest BCUT2D eigenvalue weighted by Crippen LogP contribution is -2.05. The second kappa shape index (κ2) is 9.48. The lowest BCUT2D eigenvalue weighted by molar-refractivity contribution is 0.162. The van der Waals surface area contributed by atoms with Crippen LogP contribution in [0.5, 0.6) is 11.5 Å². The van der Waals surface area contributed by atoms with Crippen molar-refractivity contribution in [3.63, 3.8) is 0 Å². The molecule has 0 N–H and O–H groups in total. The fraction of sp³-hybridized carbons (Fsp3) is 0.222. The van der Waals surface area contributed by atoms with E-state index >= 15 is 0 Å². The van der Waals surface area contributed by atoms with Gasteiger partial charge in [-0.05, 0) is 60.3 Å². The molecule has 24 heavy (non-hydrogen) atoms. The van der Waals surface area contributed by atoms with Gasteiger partial charge in [-0.3, -0.25) is 0 Å². The van der Waals surface area contributed by atoms with E-state index in [1.54, 1.807) is 14.2 Å². The number of nitrogens with zero attached hydrogens (tertiary/aromatic N) is 2. The summed E-state index contributed by atoms with van der Waals surface area (Å²) in [6.45, 7) is 0.369. The Morgan fingerprint density at radius 3 is 1.88 bits per heavy atom. The average molecular weight is 342 g/mol. The summed E-state index contributed by atoms with van der Waals surface area (Å²) >= 11 is 1.14. The minimum atomic E-state index is 0.369. The van der Waals surface area contributed by atoms with E-state index in [4.69, 9.17) is 19.6 Å². The second-order valence-corrected chi connectivity index (χ2v) is 5.55. The Labute approximate surface area is 145 Å². The van der Waals surface area contributed by atoms with Crippen LogP contribution >= 0.6 is 11.8 Å². The molecule has 6 heteroatoms. The van der Waals surface area contributed by atoms with E-state index in [1.165, 1.54) is 0 Å². The van der Waals surface area contributed by atoms with Crippen LogP contribution < -0.4 is 9.47 Å². The fourth-order valence-electron chi connectivity index (χ4n) is 2.00. The minimum Gasteiger partial charge on any atom is -0.497 e. The van der Waals surface area contributed by atoms with E-state index in [9.17, 15) is 0 Å². The number of thiocyanates is 1. The van der Waals surface area contributed by atoms with Gasteiger partial charge in [-0.1, -0.05) is 5.16 Å². The molecule has 0 bridgehead atoms. The standard InChI is InChI=1S/C18H18N2O3S/c1-21-16-7-3-14(4-8-16)18(20-23-11-12-24-13-19)15-5-9-17(22-2)10-6-15/h3-10H,11-12H2,1-2H3. The van der Waals surface area contributed by atoms with Crippen molar-refractivity contribution in [2.75, 3.05) is 26.6 Å². The largest absolute Gasteiger partial charge is 0.497 e. The molecule has 0 heterocycles. The number of hydrogen-bond donors (Lipinski definition) is 0. The quantitative estimate of drug-likeness (QED) is 0.317. The zero-order valence-electron chi connectivity index (χ0n) is 13.6. The Balaban J connectivity index is 2.25. The van der Waals surface area contributed by atoms with Crippen LogP contribution in [0.4, 0.5) is 0 Å². The fourth-order valence-corrected chi connectivity index (χ4v) is 2.25. The highest BCUT2D eigenvalue weighted by molar-refractivity contribution is 8.03. The van der Waals surface area contributed by atoms with Crippen molar-refractivity contribution in [3.05, 3.63) is 59.7 Å².